The third-order valence-corrected chi connectivity index (χ3v) is 5.39. The Morgan fingerprint density at radius 1 is 0.742 bits per heavy atom. The fraction of sp³-hybridized carbons (Fsp3) is 0.308. The van der Waals surface area contributed by atoms with Crippen molar-refractivity contribution in [2.75, 3.05) is 0 Å². The molecule has 2 atom stereocenters. The Bertz CT molecular complexity index is 930. The average molecular weight is 424 g/mol. The van der Waals surface area contributed by atoms with Crippen LogP contribution in [0.4, 0.5) is 8.78 Å². The van der Waals surface area contributed by atoms with Crippen molar-refractivity contribution >= 4 is 0 Å². The molecular formula is C26H26F2O3. The standard InChI is InChI=1S/C26H26F2O3/c27-26(28)17-7-12-24(30-19-21-10-5-2-6-11-21)25(26)31-23-15-13-22(14-16-23)29-18-20-8-3-1-4-9-20/h1-6,8-11,13-16,24-25H,7,12,17-19H2. The first-order valence-electron chi connectivity index (χ1n) is 10.6. The molecule has 1 saturated carbocycles. The van der Waals surface area contributed by atoms with E-state index in [0.717, 1.165) is 11.1 Å². The van der Waals surface area contributed by atoms with Crippen molar-refractivity contribution in [3.05, 3.63) is 96.1 Å². The number of rotatable bonds is 8. The van der Waals surface area contributed by atoms with Gasteiger partial charge in [0.15, 0.2) is 6.10 Å². The maximum Gasteiger partial charge on any atom is 0.286 e. The molecule has 0 radical (unpaired) electrons. The van der Waals surface area contributed by atoms with Gasteiger partial charge in [-0.2, -0.15) is 0 Å². The molecule has 0 saturated heterocycles. The molecule has 3 aromatic rings. The lowest BCUT2D eigenvalue weighted by Crippen LogP contribution is -2.51. The molecule has 4 rings (SSSR count). The van der Waals surface area contributed by atoms with Gasteiger partial charge in [0.2, 0.25) is 0 Å². The summed E-state index contributed by atoms with van der Waals surface area (Å²) in [6.07, 6.45) is -1.22. The fourth-order valence-electron chi connectivity index (χ4n) is 3.72. The van der Waals surface area contributed by atoms with Crippen molar-refractivity contribution < 1.29 is 23.0 Å². The zero-order valence-electron chi connectivity index (χ0n) is 17.3. The molecule has 0 bridgehead atoms. The van der Waals surface area contributed by atoms with Crippen LogP contribution < -0.4 is 9.47 Å². The zero-order valence-corrected chi connectivity index (χ0v) is 17.3. The normalized spacial score (nSPS) is 20.2. The van der Waals surface area contributed by atoms with Crippen molar-refractivity contribution in [1.29, 1.82) is 0 Å². The van der Waals surface area contributed by atoms with Gasteiger partial charge in [-0.3, -0.25) is 0 Å². The third-order valence-electron chi connectivity index (χ3n) is 5.39. The largest absolute Gasteiger partial charge is 0.489 e. The van der Waals surface area contributed by atoms with Gasteiger partial charge in [0.05, 0.1) is 6.61 Å². The number of alkyl halides is 2. The van der Waals surface area contributed by atoms with Crippen molar-refractivity contribution in [1.82, 2.24) is 0 Å². The summed E-state index contributed by atoms with van der Waals surface area (Å²) in [6.45, 7) is 0.727. The van der Waals surface area contributed by atoms with Crippen LogP contribution >= 0.6 is 0 Å². The molecule has 5 heteroatoms. The molecule has 1 aliphatic carbocycles. The number of benzene rings is 3. The van der Waals surface area contributed by atoms with Gasteiger partial charge in [0.1, 0.15) is 24.2 Å². The van der Waals surface area contributed by atoms with Gasteiger partial charge in [-0.1, -0.05) is 60.7 Å². The molecule has 0 aliphatic heterocycles. The maximum atomic E-state index is 14.7. The van der Waals surface area contributed by atoms with E-state index in [0.29, 0.717) is 30.9 Å². The molecule has 2 unspecified atom stereocenters. The molecule has 0 heterocycles. The van der Waals surface area contributed by atoms with Crippen LogP contribution in [0.15, 0.2) is 84.9 Å². The number of halogens is 2. The summed E-state index contributed by atoms with van der Waals surface area (Å²) in [5, 5.41) is 0. The minimum absolute atomic E-state index is 0.193. The van der Waals surface area contributed by atoms with Crippen molar-refractivity contribution in [3.63, 3.8) is 0 Å². The molecule has 31 heavy (non-hydrogen) atoms. The second kappa shape index (κ2) is 9.92. The van der Waals surface area contributed by atoms with Crippen LogP contribution in [-0.4, -0.2) is 18.1 Å². The molecule has 162 valence electrons. The molecule has 3 nitrogen and oxygen atoms in total. The molecule has 3 aromatic carbocycles. The number of hydrogen-bond donors (Lipinski definition) is 0. The summed E-state index contributed by atoms with van der Waals surface area (Å²) in [7, 11) is 0. The van der Waals surface area contributed by atoms with E-state index in [1.54, 1.807) is 24.3 Å². The highest BCUT2D eigenvalue weighted by molar-refractivity contribution is 5.32. The highest BCUT2D eigenvalue weighted by Crippen LogP contribution is 2.38. The lowest BCUT2D eigenvalue weighted by atomic mass is 9.90. The van der Waals surface area contributed by atoms with E-state index in [1.807, 2.05) is 60.7 Å². The van der Waals surface area contributed by atoms with E-state index < -0.39 is 18.1 Å². The van der Waals surface area contributed by atoms with E-state index in [9.17, 15) is 8.78 Å². The average Bonchev–Trinajstić information content (AvgIpc) is 2.80. The summed E-state index contributed by atoms with van der Waals surface area (Å²) in [5.74, 6) is -1.90. The second-order valence-electron chi connectivity index (χ2n) is 7.77. The van der Waals surface area contributed by atoms with Crippen LogP contribution in [-0.2, 0) is 18.0 Å². The Kier molecular flexibility index (Phi) is 6.82. The fourth-order valence-corrected chi connectivity index (χ4v) is 3.72. The first-order valence-corrected chi connectivity index (χ1v) is 10.6. The first-order chi connectivity index (χ1) is 15.1. The van der Waals surface area contributed by atoms with Crippen LogP contribution in [0.25, 0.3) is 0 Å². The van der Waals surface area contributed by atoms with Crippen LogP contribution in [0.2, 0.25) is 0 Å². The Morgan fingerprint density at radius 2 is 1.32 bits per heavy atom. The van der Waals surface area contributed by atoms with Gasteiger partial charge in [-0.25, -0.2) is 8.78 Å². The summed E-state index contributed by atoms with van der Waals surface area (Å²) in [6, 6.07) is 26.2. The molecule has 1 aliphatic rings. The van der Waals surface area contributed by atoms with Gasteiger partial charge < -0.3 is 14.2 Å². The summed E-state index contributed by atoms with van der Waals surface area (Å²) < 4.78 is 46.8. The van der Waals surface area contributed by atoms with Crippen molar-refractivity contribution in [2.45, 2.75) is 50.6 Å². The van der Waals surface area contributed by atoms with Crippen molar-refractivity contribution in [2.24, 2.45) is 0 Å². The van der Waals surface area contributed by atoms with Crippen LogP contribution in [0, 0.1) is 0 Å². The van der Waals surface area contributed by atoms with Crippen molar-refractivity contribution in [3.8, 4) is 11.5 Å². The maximum absolute atomic E-state index is 14.7. The Labute approximate surface area is 181 Å². The molecule has 1 fully saturated rings. The van der Waals surface area contributed by atoms with E-state index >= 15 is 0 Å². The zero-order chi connectivity index (χ0) is 21.5. The summed E-state index contributed by atoms with van der Waals surface area (Å²) in [4.78, 5) is 0. The lowest BCUT2D eigenvalue weighted by molar-refractivity contribution is -0.181. The Balaban J connectivity index is 1.38. The third kappa shape index (κ3) is 5.82. The van der Waals surface area contributed by atoms with E-state index in [2.05, 4.69) is 0 Å². The monoisotopic (exact) mass is 424 g/mol. The second-order valence-corrected chi connectivity index (χ2v) is 7.77. The topological polar surface area (TPSA) is 27.7 Å². The smallest absolute Gasteiger partial charge is 0.286 e. The van der Waals surface area contributed by atoms with Gasteiger partial charge in [-0.05, 0) is 48.2 Å². The Morgan fingerprint density at radius 3 is 1.97 bits per heavy atom. The van der Waals surface area contributed by atoms with Gasteiger partial charge in [0, 0.05) is 6.42 Å². The van der Waals surface area contributed by atoms with E-state index in [-0.39, 0.29) is 13.0 Å². The molecular weight excluding hydrogens is 398 g/mol. The predicted molar refractivity (Wildman–Crippen MR) is 115 cm³/mol. The molecule has 0 N–H and O–H groups in total. The van der Waals surface area contributed by atoms with Crippen LogP contribution in [0.5, 0.6) is 11.5 Å². The lowest BCUT2D eigenvalue weighted by Gasteiger charge is -2.37. The minimum atomic E-state index is -2.94. The number of hydrogen-bond acceptors (Lipinski definition) is 3. The van der Waals surface area contributed by atoms with E-state index in [4.69, 9.17) is 14.2 Å². The first kappa shape index (κ1) is 21.3. The van der Waals surface area contributed by atoms with Crippen LogP contribution in [0.3, 0.4) is 0 Å². The van der Waals surface area contributed by atoms with Gasteiger partial charge in [-0.15, -0.1) is 0 Å². The molecule has 0 amide bonds. The highest BCUT2D eigenvalue weighted by Gasteiger charge is 2.49. The predicted octanol–water partition coefficient (Wildman–Crippen LogP) is 6.42. The number of ether oxygens (including phenoxy) is 3. The molecule has 0 aromatic heterocycles. The van der Waals surface area contributed by atoms with Gasteiger partial charge in [0.25, 0.3) is 5.92 Å². The SMILES string of the molecule is FC1(F)CCCC(OCc2ccccc2)C1Oc1ccc(OCc2ccccc2)cc1. The summed E-state index contributed by atoms with van der Waals surface area (Å²) >= 11 is 0. The minimum Gasteiger partial charge on any atom is -0.489 e. The van der Waals surface area contributed by atoms with Gasteiger partial charge >= 0.3 is 0 Å². The molecule has 0 spiro atoms. The Hall–Kier alpha value is -2.92. The summed E-state index contributed by atoms with van der Waals surface area (Å²) in [5.41, 5.74) is 2.01. The van der Waals surface area contributed by atoms with E-state index in [1.165, 1.54) is 0 Å². The highest BCUT2D eigenvalue weighted by atomic mass is 19.3. The quantitative estimate of drug-likeness (QED) is 0.418. The van der Waals surface area contributed by atoms with Crippen LogP contribution in [0.1, 0.15) is 30.4 Å².